The van der Waals surface area contributed by atoms with E-state index in [-0.39, 0.29) is 37.1 Å². The van der Waals surface area contributed by atoms with Gasteiger partial charge in [0.25, 0.3) is 0 Å². The Bertz CT molecular complexity index is 1610. The Balaban J connectivity index is 1.54. The number of allylic oxidation sites excluding steroid dienone is 5. The van der Waals surface area contributed by atoms with Crippen LogP contribution in [0.2, 0.25) is 0 Å². The van der Waals surface area contributed by atoms with Crippen LogP contribution in [0, 0.1) is 5.92 Å². The molecule has 5 rings (SSSR count). The Hall–Kier alpha value is -3.97. The standard InChI is InChI=1S/C39H48O7/c1-7-44-37(43)38-19-18-31(25(4)5)39(23-38)35-33(45-38)17-16-32(42)34(35)30-21-29(41)20-28(36(30)46-39)15-14-27(22-40)13-9-12-26(6)11-8-10-24(2)3/h10,12,14,16-17,20-21,31,40-42H,4,7-9,11,13,15,18-19,22-23H2,1-3,5-6H3/b26-12+,27-14-. The summed E-state index contributed by atoms with van der Waals surface area (Å²) < 4.78 is 19.1. The van der Waals surface area contributed by atoms with Gasteiger partial charge < -0.3 is 29.5 Å². The average Bonchev–Trinajstić information content (AvgIpc) is 3.00. The molecule has 1 saturated carbocycles. The first-order valence-corrected chi connectivity index (χ1v) is 16.5. The molecule has 3 atom stereocenters. The first-order valence-electron chi connectivity index (χ1n) is 16.5. The summed E-state index contributed by atoms with van der Waals surface area (Å²) in [5.74, 6) is 0.484. The lowest BCUT2D eigenvalue weighted by Gasteiger charge is -2.56. The molecule has 1 aliphatic carbocycles. The van der Waals surface area contributed by atoms with E-state index in [0.717, 1.165) is 36.0 Å². The zero-order chi connectivity index (χ0) is 33.2. The highest BCUT2D eigenvalue weighted by molar-refractivity contribution is 5.88. The number of aromatic hydroxyl groups is 2. The van der Waals surface area contributed by atoms with Crippen molar-refractivity contribution in [2.24, 2.45) is 5.92 Å². The molecule has 0 aromatic heterocycles. The summed E-state index contributed by atoms with van der Waals surface area (Å²) in [6.45, 7) is 14.6. The molecule has 0 radical (unpaired) electrons. The maximum absolute atomic E-state index is 13.5. The van der Waals surface area contributed by atoms with Crippen LogP contribution >= 0.6 is 0 Å². The lowest BCUT2D eigenvalue weighted by Crippen LogP contribution is -2.62. The lowest BCUT2D eigenvalue weighted by atomic mass is 9.60. The molecule has 3 N–H and O–H groups in total. The number of carbonyl (C=O) groups is 1. The minimum atomic E-state index is -1.24. The second-order valence-corrected chi connectivity index (χ2v) is 13.4. The van der Waals surface area contributed by atoms with E-state index in [2.05, 4.69) is 39.5 Å². The van der Waals surface area contributed by atoms with E-state index in [9.17, 15) is 20.1 Å². The SMILES string of the molecule is C=C(C)C1CCC2(C(=O)OCC)CC13Oc1c(C/C=C(\CO)CC/C=C(\C)CCC=C(C)C)cc(O)cc1-c1c(O)ccc(c13)O2. The Kier molecular flexibility index (Phi) is 9.73. The van der Waals surface area contributed by atoms with Crippen molar-refractivity contribution in [3.8, 4) is 34.1 Å². The summed E-state index contributed by atoms with van der Waals surface area (Å²) in [7, 11) is 0. The fourth-order valence-corrected chi connectivity index (χ4v) is 7.44. The highest BCUT2D eigenvalue weighted by Crippen LogP contribution is 2.65. The quantitative estimate of drug-likeness (QED) is 0.160. The summed E-state index contributed by atoms with van der Waals surface area (Å²) in [5.41, 5.74) is 4.66. The average molecular weight is 629 g/mol. The number of rotatable bonds is 12. The molecule has 2 heterocycles. The molecule has 46 heavy (non-hydrogen) atoms. The molecule has 7 heteroatoms. The van der Waals surface area contributed by atoms with Gasteiger partial charge in [0.1, 0.15) is 28.6 Å². The van der Waals surface area contributed by atoms with Crippen LogP contribution in [0.5, 0.6) is 23.0 Å². The van der Waals surface area contributed by atoms with Gasteiger partial charge in [-0.1, -0.05) is 41.5 Å². The van der Waals surface area contributed by atoms with Crippen molar-refractivity contribution in [3.05, 3.63) is 82.5 Å². The number of aliphatic hydroxyl groups excluding tert-OH is 1. The summed E-state index contributed by atoms with van der Waals surface area (Å²) in [6, 6.07) is 6.53. The van der Waals surface area contributed by atoms with E-state index >= 15 is 0 Å². The van der Waals surface area contributed by atoms with Crippen LogP contribution in [0.25, 0.3) is 11.1 Å². The lowest BCUT2D eigenvalue weighted by molar-refractivity contribution is -0.183. The monoisotopic (exact) mass is 628 g/mol. The van der Waals surface area contributed by atoms with Crippen molar-refractivity contribution in [2.75, 3.05) is 13.2 Å². The van der Waals surface area contributed by atoms with E-state index in [1.807, 2.05) is 13.0 Å². The smallest absolute Gasteiger partial charge is 0.350 e. The second-order valence-electron chi connectivity index (χ2n) is 13.4. The predicted molar refractivity (Wildman–Crippen MR) is 180 cm³/mol. The fourth-order valence-electron chi connectivity index (χ4n) is 7.44. The van der Waals surface area contributed by atoms with Crippen LogP contribution in [-0.2, 0) is 21.6 Å². The van der Waals surface area contributed by atoms with Crippen molar-refractivity contribution in [3.63, 3.8) is 0 Å². The third kappa shape index (κ3) is 6.22. The highest BCUT2D eigenvalue weighted by atomic mass is 16.6. The molecule has 3 aliphatic rings. The van der Waals surface area contributed by atoms with Crippen molar-refractivity contribution in [1.29, 1.82) is 0 Å². The molecular formula is C39H48O7. The zero-order valence-electron chi connectivity index (χ0n) is 27.9. The first kappa shape index (κ1) is 33.4. The molecule has 7 nitrogen and oxygen atoms in total. The Labute approximate surface area is 272 Å². The number of benzene rings is 2. The van der Waals surface area contributed by atoms with Crippen LogP contribution in [0.4, 0.5) is 0 Å². The molecule has 3 unspecified atom stereocenters. The summed E-state index contributed by atoms with van der Waals surface area (Å²) in [4.78, 5) is 13.5. The highest BCUT2D eigenvalue weighted by Gasteiger charge is 2.64. The largest absolute Gasteiger partial charge is 0.508 e. The molecule has 1 fully saturated rings. The van der Waals surface area contributed by atoms with E-state index in [1.54, 1.807) is 31.2 Å². The number of ether oxygens (including phenoxy) is 3. The molecule has 246 valence electrons. The number of fused-ring (bicyclic) bond motifs is 3. The van der Waals surface area contributed by atoms with Crippen LogP contribution < -0.4 is 9.47 Å². The van der Waals surface area contributed by atoms with E-state index in [1.165, 1.54) is 11.1 Å². The summed E-state index contributed by atoms with van der Waals surface area (Å²) in [5, 5.41) is 32.4. The number of carbonyl (C=O) groups excluding carboxylic acids is 1. The van der Waals surface area contributed by atoms with Crippen LogP contribution in [0.15, 0.2) is 71.4 Å². The number of phenolic OH excluding ortho intramolecular Hbond substituents is 2. The van der Waals surface area contributed by atoms with Gasteiger partial charge in [0, 0.05) is 34.6 Å². The van der Waals surface area contributed by atoms with Crippen molar-refractivity contribution in [1.82, 2.24) is 0 Å². The topological polar surface area (TPSA) is 105 Å². The number of aliphatic hydroxyl groups is 1. The molecule has 0 saturated heterocycles. The molecule has 2 aliphatic heterocycles. The maximum atomic E-state index is 13.5. The molecular weight excluding hydrogens is 580 g/mol. The molecule has 2 bridgehead atoms. The predicted octanol–water partition coefficient (Wildman–Crippen LogP) is 8.36. The van der Waals surface area contributed by atoms with Gasteiger partial charge in [0.15, 0.2) is 0 Å². The van der Waals surface area contributed by atoms with Gasteiger partial charge in [-0.2, -0.15) is 0 Å². The third-order valence-electron chi connectivity index (χ3n) is 9.63. The van der Waals surface area contributed by atoms with E-state index < -0.39 is 17.2 Å². The Morgan fingerprint density at radius 2 is 1.83 bits per heavy atom. The summed E-state index contributed by atoms with van der Waals surface area (Å²) >= 11 is 0. The van der Waals surface area contributed by atoms with Crippen molar-refractivity contribution >= 4 is 5.97 Å². The van der Waals surface area contributed by atoms with Gasteiger partial charge in [-0.05, 0) is 109 Å². The Morgan fingerprint density at radius 1 is 1.07 bits per heavy atom. The molecule has 1 spiro atoms. The number of hydrogen-bond acceptors (Lipinski definition) is 7. The summed E-state index contributed by atoms with van der Waals surface area (Å²) in [6.07, 6.45) is 11.7. The zero-order valence-corrected chi connectivity index (χ0v) is 27.9. The van der Waals surface area contributed by atoms with Gasteiger partial charge in [0.2, 0.25) is 5.60 Å². The molecule has 0 amide bonds. The third-order valence-corrected chi connectivity index (χ3v) is 9.63. The van der Waals surface area contributed by atoms with E-state index in [4.69, 9.17) is 14.2 Å². The van der Waals surface area contributed by atoms with Gasteiger partial charge >= 0.3 is 5.97 Å². The van der Waals surface area contributed by atoms with Crippen LogP contribution in [0.3, 0.4) is 0 Å². The van der Waals surface area contributed by atoms with Gasteiger partial charge in [0.05, 0.1) is 13.2 Å². The van der Waals surface area contributed by atoms with E-state index in [0.29, 0.717) is 53.9 Å². The van der Waals surface area contributed by atoms with Crippen molar-refractivity contribution < 1.29 is 34.3 Å². The number of hydrogen-bond donors (Lipinski definition) is 3. The molecule has 2 aromatic carbocycles. The number of phenols is 2. The Morgan fingerprint density at radius 3 is 2.52 bits per heavy atom. The van der Waals surface area contributed by atoms with Crippen LogP contribution in [-0.4, -0.2) is 40.1 Å². The maximum Gasteiger partial charge on any atom is 0.350 e. The minimum Gasteiger partial charge on any atom is -0.508 e. The van der Waals surface area contributed by atoms with Gasteiger partial charge in [-0.25, -0.2) is 4.79 Å². The van der Waals surface area contributed by atoms with Gasteiger partial charge in [-0.15, -0.1) is 0 Å². The first-order chi connectivity index (χ1) is 21.9. The number of esters is 1. The normalized spacial score (nSPS) is 23.0. The second kappa shape index (κ2) is 13.4. The minimum absolute atomic E-state index is 0.0378. The molecule has 2 aromatic rings. The van der Waals surface area contributed by atoms with Crippen molar-refractivity contribution in [2.45, 2.75) is 97.2 Å². The van der Waals surface area contributed by atoms with Gasteiger partial charge in [-0.3, -0.25) is 0 Å². The van der Waals surface area contributed by atoms with Crippen LogP contribution in [0.1, 0.15) is 90.7 Å². The fraction of sp³-hybridized carbons (Fsp3) is 0.462.